The third-order valence-corrected chi connectivity index (χ3v) is 13.5. The molecule has 0 aliphatic carbocycles. The first kappa shape index (κ1) is 64.0. The molecule has 0 radical (unpaired) electrons. The number of likely N-dealkylation sites (N-methyl/N-ethyl adjacent to an activating group) is 1. The van der Waals surface area contributed by atoms with Crippen LogP contribution in [0.3, 0.4) is 0 Å². The molecule has 0 bridgehead atoms. The van der Waals surface area contributed by atoms with Gasteiger partial charge in [-0.2, -0.15) is 0 Å². The molecule has 9 heteroatoms. The molecule has 0 saturated heterocycles. The standard InChI is InChI=1S/C56H110NO7P/c1-6-8-10-12-14-16-18-20-22-24-26-27-28-29-30-31-32-33-35-37-39-41-43-45-47-49-56(58)64-55(54-63-65(59,60)62-52-50-57(3,4)5)53-61-51-48-46-44-42-40-38-36-34-25-23-21-19-17-15-13-11-9-7-2/h15,17,21,23,55H,6-14,16,18-20,22,24-54H2,1-5H3/b17-15-,23-21-. The third kappa shape index (κ3) is 53.8. The van der Waals surface area contributed by atoms with Crippen molar-refractivity contribution in [1.29, 1.82) is 0 Å². The first-order valence-electron chi connectivity index (χ1n) is 28.1. The lowest BCUT2D eigenvalue weighted by molar-refractivity contribution is -0.870. The van der Waals surface area contributed by atoms with Crippen molar-refractivity contribution in [3.8, 4) is 0 Å². The van der Waals surface area contributed by atoms with E-state index in [0.29, 0.717) is 24.1 Å². The van der Waals surface area contributed by atoms with E-state index in [9.17, 15) is 14.3 Å². The number of allylic oxidation sites excluding steroid dienone is 4. The van der Waals surface area contributed by atoms with E-state index >= 15 is 0 Å². The van der Waals surface area contributed by atoms with Crippen molar-refractivity contribution in [2.45, 2.75) is 277 Å². The minimum absolute atomic E-state index is 0.0273. The summed E-state index contributed by atoms with van der Waals surface area (Å²) < 4.78 is 34.8. The lowest BCUT2D eigenvalue weighted by Gasteiger charge is -2.28. The van der Waals surface area contributed by atoms with Crippen molar-refractivity contribution in [2.24, 2.45) is 0 Å². The number of carbonyl (C=O) groups is 1. The molecular weight excluding hydrogens is 830 g/mol. The van der Waals surface area contributed by atoms with Crippen molar-refractivity contribution in [3.63, 3.8) is 0 Å². The van der Waals surface area contributed by atoms with Crippen LogP contribution in [0.1, 0.15) is 271 Å². The molecule has 386 valence electrons. The van der Waals surface area contributed by atoms with E-state index in [2.05, 4.69) is 38.2 Å². The number of nitrogens with zero attached hydrogens (tertiary/aromatic N) is 1. The summed E-state index contributed by atoms with van der Waals surface area (Å²) in [5, 5.41) is 0. The molecule has 2 unspecified atom stereocenters. The summed E-state index contributed by atoms with van der Waals surface area (Å²) in [4.78, 5) is 25.2. The van der Waals surface area contributed by atoms with Gasteiger partial charge in [0.2, 0.25) is 0 Å². The molecule has 0 spiro atoms. The Bertz CT molecular complexity index is 1090. The van der Waals surface area contributed by atoms with E-state index in [0.717, 1.165) is 38.5 Å². The summed E-state index contributed by atoms with van der Waals surface area (Å²) in [5.41, 5.74) is 0. The zero-order chi connectivity index (χ0) is 47.6. The van der Waals surface area contributed by atoms with Gasteiger partial charge in [0.1, 0.15) is 19.3 Å². The second-order valence-electron chi connectivity index (χ2n) is 20.3. The molecule has 0 aliphatic rings. The predicted molar refractivity (Wildman–Crippen MR) is 277 cm³/mol. The topological polar surface area (TPSA) is 94.1 Å². The lowest BCUT2D eigenvalue weighted by Crippen LogP contribution is -2.37. The average molecular weight is 940 g/mol. The van der Waals surface area contributed by atoms with Crippen molar-refractivity contribution >= 4 is 13.8 Å². The van der Waals surface area contributed by atoms with Gasteiger partial charge in [0.25, 0.3) is 7.82 Å². The Morgan fingerprint density at radius 1 is 0.477 bits per heavy atom. The monoisotopic (exact) mass is 940 g/mol. The van der Waals surface area contributed by atoms with Gasteiger partial charge >= 0.3 is 5.97 Å². The van der Waals surface area contributed by atoms with Crippen LogP contribution in [0.25, 0.3) is 0 Å². The fourth-order valence-corrected chi connectivity index (χ4v) is 8.90. The molecule has 0 aromatic rings. The maximum Gasteiger partial charge on any atom is 0.306 e. The SMILES string of the molecule is CCCCC/C=C\C/C=C\CCCCCCCCCCOCC(COP(=O)([O-])OCC[N+](C)(C)C)OC(=O)CCCCCCCCCCCCCCCCCCCCCCCCCCC. The molecular formula is C56H110NO7P. The Kier molecular flexibility index (Phi) is 48.6. The van der Waals surface area contributed by atoms with Crippen LogP contribution in [0, 0.1) is 0 Å². The summed E-state index contributed by atoms with van der Waals surface area (Å²) in [7, 11) is 1.37. The third-order valence-electron chi connectivity index (χ3n) is 12.5. The summed E-state index contributed by atoms with van der Waals surface area (Å²) in [5.74, 6) is -0.329. The van der Waals surface area contributed by atoms with Crippen LogP contribution >= 0.6 is 7.82 Å². The molecule has 0 N–H and O–H groups in total. The van der Waals surface area contributed by atoms with E-state index in [1.165, 1.54) is 212 Å². The van der Waals surface area contributed by atoms with Gasteiger partial charge in [-0.1, -0.05) is 244 Å². The van der Waals surface area contributed by atoms with Gasteiger partial charge in [0, 0.05) is 13.0 Å². The van der Waals surface area contributed by atoms with Gasteiger partial charge in [-0.05, 0) is 44.9 Å². The van der Waals surface area contributed by atoms with Gasteiger partial charge < -0.3 is 27.9 Å². The highest BCUT2D eigenvalue weighted by atomic mass is 31.2. The van der Waals surface area contributed by atoms with E-state index in [1.807, 2.05) is 21.1 Å². The minimum Gasteiger partial charge on any atom is -0.756 e. The predicted octanol–water partition coefficient (Wildman–Crippen LogP) is 16.9. The van der Waals surface area contributed by atoms with Crippen LogP contribution in [-0.2, 0) is 27.9 Å². The number of hydrogen-bond acceptors (Lipinski definition) is 7. The lowest BCUT2D eigenvalue weighted by atomic mass is 10.0. The Morgan fingerprint density at radius 2 is 0.846 bits per heavy atom. The zero-order valence-electron chi connectivity index (χ0n) is 44.0. The fraction of sp³-hybridized carbons (Fsp3) is 0.911. The van der Waals surface area contributed by atoms with E-state index in [-0.39, 0.29) is 25.8 Å². The number of rotatable bonds is 53. The van der Waals surface area contributed by atoms with Crippen molar-refractivity contribution in [2.75, 3.05) is 54.1 Å². The van der Waals surface area contributed by atoms with Crippen LogP contribution in [0.5, 0.6) is 0 Å². The highest BCUT2D eigenvalue weighted by Crippen LogP contribution is 2.38. The van der Waals surface area contributed by atoms with Gasteiger partial charge in [0.05, 0.1) is 34.4 Å². The van der Waals surface area contributed by atoms with Crippen LogP contribution in [0.15, 0.2) is 24.3 Å². The van der Waals surface area contributed by atoms with Gasteiger partial charge in [0.15, 0.2) is 0 Å². The van der Waals surface area contributed by atoms with E-state index < -0.39 is 13.9 Å². The second-order valence-corrected chi connectivity index (χ2v) is 21.7. The first-order chi connectivity index (χ1) is 31.6. The number of phosphoric ester groups is 1. The van der Waals surface area contributed by atoms with Gasteiger partial charge in [-0.15, -0.1) is 0 Å². The number of esters is 1. The summed E-state index contributed by atoms with van der Waals surface area (Å²) >= 11 is 0. The molecule has 8 nitrogen and oxygen atoms in total. The number of quaternary nitrogens is 1. The Hall–Kier alpha value is -1.02. The number of carbonyl (C=O) groups excluding carboxylic acids is 1. The minimum atomic E-state index is -4.53. The first-order valence-corrected chi connectivity index (χ1v) is 29.5. The fourth-order valence-electron chi connectivity index (χ4n) is 8.17. The Morgan fingerprint density at radius 3 is 1.28 bits per heavy atom. The summed E-state index contributed by atoms with van der Waals surface area (Å²) in [6, 6.07) is 0. The molecule has 2 atom stereocenters. The molecule has 0 aliphatic heterocycles. The van der Waals surface area contributed by atoms with Crippen LogP contribution in [0.2, 0.25) is 0 Å². The number of phosphoric acid groups is 1. The Labute approximate surface area is 404 Å². The van der Waals surface area contributed by atoms with Crippen molar-refractivity contribution < 1.29 is 37.3 Å². The smallest absolute Gasteiger partial charge is 0.306 e. The molecule has 0 aromatic heterocycles. The van der Waals surface area contributed by atoms with Crippen LogP contribution in [0.4, 0.5) is 0 Å². The second kappa shape index (κ2) is 49.4. The van der Waals surface area contributed by atoms with Crippen LogP contribution < -0.4 is 4.89 Å². The maximum atomic E-state index is 12.8. The molecule has 0 fully saturated rings. The summed E-state index contributed by atoms with van der Waals surface area (Å²) in [6.07, 6.45) is 59.3. The van der Waals surface area contributed by atoms with Crippen LogP contribution in [-0.4, -0.2) is 70.7 Å². The van der Waals surface area contributed by atoms with Crippen molar-refractivity contribution in [3.05, 3.63) is 24.3 Å². The quantitative estimate of drug-likeness (QED) is 0.0197. The number of unbranched alkanes of at least 4 members (excludes halogenated alkanes) is 35. The van der Waals surface area contributed by atoms with E-state index in [4.69, 9.17) is 18.5 Å². The van der Waals surface area contributed by atoms with Gasteiger partial charge in [-0.3, -0.25) is 9.36 Å². The molecule has 0 rings (SSSR count). The molecule has 0 heterocycles. The molecule has 65 heavy (non-hydrogen) atoms. The maximum absolute atomic E-state index is 12.8. The summed E-state index contributed by atoms with van der Waals surface area (Å²) in [6.45, 7) is 5.43. The largest absolute Gasteiger partial charge is 0.756 e. The molecule has 0 aromatic carbocycles. The highest BCUT2D eigenvalue weighted by molar-refractivity contribution is 7.45. The van der Waals surface area contributed by atoms with Crippen molar-refractivity contribution in [1.82, 2.24) is 0 Å². The molecule has 0 amide bonds. The van der Waals surface area contributed by atoms with Gasteiger partial charge in [-0.25, -0.2) is 0 Å². The zero-order valence-corrected chi connectivity index (χ0v) is 44.9. The highest BCUT2D eigenvalue weighted by Gasteiger charge is 2.20. The Balaban J connectivity index is 4.03. The number of hydrogen-bond donors (Lipinski definition) is 0. The molecule has 0 saturated carbocycles. The normalized spacial score (nSPS) is 13.6. The number of ether oxygens (including phenoxy) is 2. The van der Waals surface area contributed by atoms with E-state index in [1.54, 1.807) is 0 Å². The average Bonchev–Trinajstić information content (AvgIpc) is 3.27.